The molecule has 13 heavy (non-hydrogen) atoms. The summed E-state index contributed by atoms with van der Waals surface area (Å²) in [6, 6.07) is 6.34. The minimum Gasteiger partial charge on any atom is -0.490 e. The summed E-state index contributed by atoms with van der Waals surface area (Å²) < 4.78 is 18.1. The molecule has 0 aromatic heterocycles. The highest BCUT2D eigenvalue weighted by molar-refractivity contribution is 5.23. The second-order valence-electron chi connectivity index (χ2n) is 2.59. The molecule has 0 saturated carbocycles. The molecule has 1 aromatic rings. The van der Waals surface area contributed by atoms with Crippen molar-refractivity contribution in [1.82, 2.24) is 0 Å². The zero-order chi connectivity index (χ0) is 9.52. The van der Waals surface area contributed by atoms with Crippen molar-refractivity contribution in [3.05, 3.63) is 30.1 Å². The van der Waals surface area contributed by atoms with Crippen molar-refractivity contribution in [2.24, 2.45) is 0 Å². The maximum atomic E-state index is 12.9. The van der Waals surface area contributed by atoms with E-state index in [9.17, 15) is 4.39 Å². The van der Waals surface area contributed by atoms with E-state index >= 15 is 0 Å². The van der Waals surface area contributed by atoms with Crippen LogP contribution < -0.4 is 4.74 Å². The Morgan fingerprint density at radius 3 is 2.85 bits per heavy atom. The van der Waals surface area contributed by atoms with Crippen LogP contribution in [0.15, 0.2) is 24.3 Å². The maximum absolute atomic E-state index is 12.9. The van der Waals surface area contributed by atoms with Gasteiger partial charge in [0.1, 0.15) is 0 Å². The molecule has 0 aliphatic heterocycles. The highest BCUT2D eigenvalue weighted by Crippen LogP contribution is 2.15. The van der Waals surface area contributed by atoms with Crippen LogP contribution in [0.3, 0.4) is 0 Å². The van der Waals surface area contributed by atoms with Gasteiger partial charge in [-0.3, -0.25) is 0 Å². The Hall–Kier alpha value is -1.49. The lowest BCUT2D eigenvalue weighted by molar-refractivity contribution is 0.297. The van der Waals surface area contributed by atoms with E-state index in [0.29, 0.717) is 18.8 Å². The van der Waals surface area contributed by atoms with Crippen molar-refractivity contribution in [2.75, 3.05) is 6.61 Å². The third-order valence-electron chi connectivity index (χ3n) is 1.56. The Labute approximate surface area is 77.5 Å². The Morgan fingerprint density at radius 1 is 1.38 bits per heavy atom. The quantitative estimate of drug-likeness (QED) is 0.508. The van der Waals surface area contributed by atoms with Crippen LogP contribution in [0.5, 0.6) is 5.75 Å². The summed E-state index contributed by atoms with van der Waals surface area (Å²) in [6.45, 7) is 0.463. The fraction of sp³-hybridized carbons (Fsp3) is 0.273. The normalized spacial score (nSPS) is 9.23. The van der Waals surface area contributed by atoms with Gasteiger partial charge in [0, 0.05) is 6.42 Å². The van der Waals surface area contributed by atoms with Gasteiger partial charge in [-0.1, -0.05) is 12.1 Å². The molecule has 0 amide bonds. The van der Waals surface area contributed by atoms with Crippen LogP contribution in [0.1, 0.15) is 12.8 Å². The summed E-state index contributed by atoms with van der Waals surface area (Å²) in [5.41, 5.74) is 0. The SMILES string of the molecule is C#CCCCOc1ccccc1F. The summed E-state index contributed by atoms with van der Waals surface area (Å²) >= 11 is 0. The predicted octanol–water partition coefficient (Wildman–Crippen LogP) is 2.62. The van der Waals surface area contributed by atoms with E-state index in [1.165, 1.54) is 6.07 Å². The van der Waals surface area contributed by atoms with Crippen LogP contribution >= 0.6 is 0 Å². The van der Waals surface area contributed by atoms with Crippen molar-refractivity contribution >= 4 is 0 Å². The number of unbranched alkanes of at least 4 members (excludes halogenated alkanes) is 1. The molecule has 0 aliphatic rings. The number of para-hydroxylation sites is 1. The molecule has 1 rings (SSSR count). The van der Waals surface area contributed by atoms with Gasteiger partial charge in [-0.05, 0) is 18.6 Å². The summed E-state index contributed by atoms with van der Waals surface area (Å²) in [5, 5.41) is 0. The summed E-state index contributed by atoms with van der Waals surface area (Å²) in [5.74, 6) is 2.46. The molecule has 0 spiro atoms. The number of rotatable bonds is 4. The fourth-order valence-electron chi connectivity index (χ4n) is 0.918. The molecule has 0 radical (unpaired) electrons. The zero-order valence-corrected chi connectivity index (χ0v) is 7.29. The summed E-state index contributed by atoms with van der Waals surface area (Å²) in [4.78, 5) is 0. The molecule has 0 atom stereocenters. The highest BCUT2D eigenvalue weighted by atomic mass is 19.1. The fourth-order valence-corrected chi connectivity index (χ4v) is 0.918. The molecule has 0 saturated heterocycles. The molecule has 2 heteroatoms. The molecule has 0 bridgehead atoms. The lowest BCUT2D eigenvalue weighted by Gasteiger charge is -2.04. The lowest BCUT2D eigenvalue weighted by Crippen LogP contribution is -1.98. The molecule has 1 aromatic carbocycles. The van der Waals surface area contributed by atoms with Gasteiger partial charge in [0.15, 0.2) is 11.6 Å². The van der Waals surface area contributed by atoms with Gasteiger partial charge in [0.05, 0.1) is 6.61 Å². The number of hydrogen-bond donors (Lipinski definition) is 0. The van der Waals surface area contributed by atoms with Crippen LogP contribution in [-0.4, -0.2) is 6.61 Å². The van der Waals surface area contributed by atoms with Crippen molar-refractivity contribution in [2.45, 2.75) is 12.8 Å². The highest BCUT2D eigenvalue weighted by Gasteiger charge is 1.99. The van der Waals surface area contributed by atoms with Gasteiger partial charge < -0.3 is 4.74 Å². The van der Waals surface area contributed by atoms with Crippen molar-refractivity contribution in [3.63, 3.8) is 0 Å². The lowest BCUT2D eigenvalue weighted by atomic mass is 10.3. The third-order valence-corrected chi connectivity index (χ3v) is 1.56. The predicted molar refractivity (Wildman–Crippen MR) is 50.0 cm³/mol. The van der Waals surface area contributed by atoms with E-state index in [0.717, 1.165) is 6.42 Å². The molecular weight excluding hydrogens is 167 g/mol. The topological polar surface area (TPSA) is 9.23 Å². The smallest absolute Gasteiger partial charge is 0.165 e. The average molecular weight is 178 g/mol. The summed E-state index contributed by atoms with van der Waals surface area (Å²) in [7, 11) is 0. The Balaban J connectivity index is 2.37. The molecular formula is C11H11FO. The standard InChI is InChI=1S/C11H11FO/c1-2-3-6-9-13-11-8-5-4-7-10(11)12/h1,4-5,7-8H,3,6,9H2. The van der Waals surface area contributed by atoms with Crippen LogP contribution in [-0.2, 0) is 0 Å². The maximum Gasteiger partial charge on any atom is 0.165 e. The largest absolute Gasteiger partial charge is 0.490 e. The summed E-state index contributed by atoms with van der Waals surface area (Å²) in [6.07, 6.45) is 6.47. The van der Waals surface area contributed by atoms with E-state index in [2.05, 4.69) is 5.92 Å². The number of terminal acetylenes is 1. The third kappa shape index (κ3) is 3.16. The number of hydrogen-bond acceptors (Lipinski definition) is 1. The Morgan fingerprint density at radius 2 is 2.15 bits per heavy atom. The van der Waals surface area contributed by atoms with Gasteiger partial charge in [0.2, 0.25) is 0 Å². The molecule has 1 nitrogen and oxygen atoms in total. The first-order chi connectivity index (χ1) is 6.34. The van der Waals surface area contributed by atoms with E-state index in [4.69, 9.17) is 11.2 Å². The van der Waals surface area contributed by atoms with Crippen molar-refractivity contribution in [3.8, 4) is 18.1 Å². The van der Waals surface area contributed by atoms with E-state index in [-0.39, 0.29) is 5.82 Å². The van der Waals surface area contributed by atoms with E-state index in [1.54, 1.807) is 18.2 Å². The van der Waals surface area contributed by atoms with Gasteiger partial charge in [-0.15, -0.1) is 12.3 Å². The number of benzene rings is 1. The van der Waals surface area contributed by atoms with Crippen LogP contribution in [0.4, 0.5) is 4.39 Å². The van der Waals surface area contributed by atoms with Gasteiger partial charge in [-0.25, -0.2) is 4.39 Å². The zero-order valence-electron chi connectivity index (χ0n) is 7.29. The first kappa shape index (κ1) is 9.60. The van der Waals surface area contributed by atoms with Crippen LogP contribution in [0.25, 0.3) is 0 Å². The Kier molecular flexibility index (Phi) is 3.84. The molecule has 0 aliphatic carbocycles. The first-order valence-corrected chi connectivity index (χ1v) is 4.15. The molecule has 0 unspecified atom stereocenters. The van der Waals surface area contributed by atoms with Gasteiger partial charge in [0.25, 0.3) is 0 Å². The van der Waals surface area contributed by atoms with E-state index < -0.39 is 0 Å². The monoisotopic (exact) mass is 178 g/mol. The molecule has 0 N–H and O–H groups in total. The van der Waals surface area contributed by atoms with Crippen LogP contribution in [0.2, 0.25) is 0 Å². The van der Waals surface area contributed by atoms with Crippen LogP contribution in [0, 0.1) is 18.2 Å². The van der Waals surface area contributed by atoms with Crippen molar-refractivity contribution in [1.29, 1.82) is 0 Å². The molecule has 68 valence electrons. The molecule has 0 fully saturated rings. The average Bonchev–Trinajstić information content (AvgIpc) is 2.15. The van der Waals surface area contributed by atoms with Gasteiger partial charge >= 0.3 is 0 Å². The Bertz CT molecular complexity index is 301. The molecule has 0 heterocycles. The van der Waals surface area contributed by atoms with Crippen molar-refractivity contribution < 1.29 is 9.13 Å². The second-order valence-corrected chi connectivity index (χ2v) is 2.59. The van der Waals surface area contributed by atoms with Gasteiger partial charge in [-0.2, -0.15) is 0 Å². The van der Waals surface area contributed by atoms with E-state index in [1.807, 2.05) is 0 Å². The number of ether oxygens (including phenoxy) is 1. The number of halogens is 1. The second kappa shape index (κ2) is 5.21. The first-order valence-electron chi connectivity index (χ1n) is 4.15. The minimum absolute atomic E-state index is 0.291. The minimum atomic E-state index is -0.330.